The Labute approximate surface area is 118 Å². The van der Waals surface area contributed by atoms with Crippen molar-refractivity contribution in [2.45, 2.75) is 10.6 Å². The molecule has 6 heteroatoms. The van der Waals surface area contributed by atoms with Crippen LogP contribution in [0.4, 0.5) is 5.69 Å². The Balaban J connectivity index is 1.80. The Morgan fingerprint density at radius 3 is 2.75 bits per heavy atom. The summed E-state index contributed by atoms with van der Waals surface area (Å²) in [7, 11) is 0. The van der Waals surface area contributed by atoms with Crippen molar-refractivity contribution >= 4 is 28.5 Å². The van der Waals surface area contributed by atoms with Crippen molar-refractivity contribution in [2.24, 2.45) is 0 Å². The SMILES string of the molecule is O=[N+]([O-])c1ccc2oc(CSc3ccccc3)nc2c1. The third-order valence-corrected chi connectivity index (χ3v) is 3.73. The predicted octanol–water partition coefficient (Wildman–Crippen LogP) is 4.03. The highest BCUT2D eigenvalue weighted by Gasteiger charge is 2.11. The van der Waals surface area contributed by atoms with E-state index in [4.69, 9.17) is 4.42 Å². The molecular weight excluding hydrogens is 276 g/mol. The Morgan fingerprint density at radius 2 is 2.00 bits per heavy atom. The van der Waals surface area contributed by atoms with Crippen LogP contribution >= 0.6 is 11.8 Å². The lowest BCUT2D eigenvalue weighted by Gasteiger charge is -1.96. The van der Waals surface area contributed by atoms with Crippen LogP contribution in [-0.2, 0) is 5.75 Å². The Kier molecular flexibility index (Phi) is 3.39. The van der Waals surface area contributed by atoms with Crippen molar-refractivity contribution in [3.63, 3.8) is 0 Å². The van der Waals surface area contributed by atoms with Gasteiger partial charge < -0.3 is 4.42 Å². The minimum absolute atomic E-state index is 0.0214. The van der Waals surface area contributed by atoms with Gasteiger partial charge in [-0.3, -0.25) is 10.1 Å². The number of nitrogens with zero attached hydrogens (tertiary/aromatic N) is 2. The molecule has 3 rings (SSSR count). The minimum atomic E-state index is -0.438. The number of benzene rings is 2. The minimum Gasteiger partial charge on any atom is -0.440 e. The van der Waals surface area contributed by atoms with Gasteiger partial charge >= 0.3 is 0 Å². The van der Waals surface area contributed by atoms with Crippen LogP contribution in [0.15, 0.2) is 57.8 Å². The van der Waals surface area contributed by atoms with Crippen LogP contribution in [0.3, 0.4) is 0 Å². The third kappa shape index (κ3) is 2.65. The molecular formula is C14H10N2O3S. The van der Waals surface area contributed by atoms with Gasteiger partial charge in [-0.15, -0.1) is 11.8 Å². The zero-order valence-corrected chi connectivity index (χ0v) is 11.2. The van der Waals surface area contributed by atoms with E-state index >= 15 is 0 Å². The van der Waals surface area contributed by atoms with Crippen molar-refractivity contribution in [3.05, 3.63) is 64.5 Å². The summed E-state index contributed by atoms with van der Waals surface area (Å²) in [6.07, 6.45) is 0. The van der Waals surface area contributed by atoms with Crippen LogP contribution in [-0.4, -0.2) is 9.91 Å². The Bertz CT molecular complexity index is 755. The van der Waals surface area contributed by atoms with Crippen molar-refractivity contribution in [1.29, 1.82) is 0 Å². The number of aromatic nitrogens is 1. The molecule has 2 aromatic carbocycles. The molecule has 0 aliphatic carbocycles. The lowest BCUT2D eigenvalue weighted by atomic mass is 10.3. The highest BCUT2D eigenvalue weighted by Crippen LogP contribution is 2.26. The van der Waals surface area contributed by atoms with Gasteiger partial charge in [0.25, 0.3) is 5.69 Å². The number of rotatable bonds is 4. The van der Waals surface area contributed by atoms with Crippen LogP contribution in [0.5, 0.6) is 0 Å². The molecule has 0 bridgehead atoms. The summed E-state index contributed by atoms with van der Waals surface area (Å²) in [4.78, 5) is 15.7. The molecule has 20 heavy (non-hydrogen) atoms. The summed E-state index contributed by atoms with van der Waals surface area (Å²) in [5.74, 6) is 1.15. The first-order chi connectivity index (χ1) is 9.72. The average molecular weight is 286 g/mol. The summed E-state index contributed by atoms with van der Waals surface area (Å²) in [6.45, 7) is 0. The number of thioether (sulfide) groups is 1. The molecule has 0 radical (unpaired) electrons. The van der Waals surface area contributed by atoms with E-state index in [2.05, 4.69) is 4.98 Å². The Morgan fingerprint density at radius 1 is 1.20 bits per heavy atom. The molecule has 0 saturated heterocycles. The van der Waals surface area contributed by atoms with Gasteiger partial charge in [0.2, 0.25) is 5.89 Å². The van der Waals surface area contributed by atoms with Crippen LogP contribution in [0.1, 0.15) is 5.89 Å². The van der Waals surface area contributed by atoms with Crippen molar-refractivity contribution < 1.29 is 9.34 Å². The van der Waals surface area contributed by atoms with Gasteiger partial charge in [-0.2, -0.15) is 0 Å². The molecule has 0 aliphatic heterocycles. The number of oxazole rings is 1. The van der Waals surface area contributed by atoms with E-state index < -0.39 is 4.92 Å². The Hall–Kier alpha value is -2.34. The molecule has 0 spiro atoms. The highest BCUT2D eigenvalue weighted by molar-refractivity contribution is 7.98. The predicted molar refractivity (Wildman–Crippen MR) is 76.7 cm³/mol. The monoisotopic (exact) mass is 286 g/mol. The van der Waals surface area contributed by atoms with E-state index in [0.717, 1.165) is 4.90 Å². The first-order valence-corrected chi connectivity index (χ1v) is 6.92. The molecule has 0 fully saturated rings. The fraction of sp³-hybridized carbons (Fsp3) is 0.0714. The van der Waals surface area contributed by atoms with Gasteiger partial charge in [0.1, 0.15) is 5.52 Å². The second-order valence-electron chi connectivity index (χ2n) is 4.12. The second-order valence-corrected chi connectivity index (χ2v) is 5.17. The number of nitro groups is 1. The van der Waals surface area contributed by atoms with E-state index in [1.165, 1.54) is 12.1 Å². The molecule has 0 atom stereocenters. The fourth-order valence-electron chi connectivity index (χ4n) is 1.80. The largest absolute Gasteiger partial charge is 0.440 e. The second kappa shape index (κ2) is 5.34. The highest BCUT2D eigenvalue weighted by atomic mass is 32.2. The van der Waals surface area contributed by atoms with Crippen LogP contribution in [0.25, 0.3) is 11.1 Å². The lowest BCUT2D eigenvalue weighted by molar-refractivity contribution is -0.384. The van der Waals surface area contributed by atoms with E-state index in [-0.39, 0.29) is 5.69 Å². The molecule has 0 N–H and O–H groups in total. The normalized spacial score (nSPS) is 10.8. The zero-order chi connectivity index (χ0) is 13.9. The molecule has 0 saturated carbocycles. The van der Waals surface area contributed by atoms with Gasteiger partial charge in [0.05, 0.1) is 10.7 Å². The van der Waals surface area contributed by atoms with Crippen molar-refractivity contribution in [2.75, 3.05) is 0 Å². The first kappa shape index (κ1) is 12.7. The van der Waals surface area contributed by atoms with E-state index in [1.54, 1.807) is 17.8 Å². The number of non-ortho nitro benzene ring substituents is 1. The van der Waals surface area contributed by atoms with Crippen molar-refractivity contribution in [3.8, 4) is 0 Å². The molecule has 5 nitrogen and oxygen atoms in total. The van der Waals surface area contributed by atoms with Crippen molar-refractivity contribution in [1.82, 2.24) is 4.98 Å². The van der Waals surface area contributed by atoms with Gasteiger partial charge in [-0.25, -0.2) is 4.98 Å². The molecule has 0 aliphatic rings. The first-order valence-electron chi connectivity index (χ1n) is 5.94. The maximum Gasteiger partial charge on any atom is 0.271 e. The van der Waals surface area contributed by atoms with Crippen LogP contribution < -0.4 is 0 Å². The average Bonchev–Trinajstić information content (AvgIpc) is 2.88. The summed E-state index contributed by atoms with van der Waals surface area (Å²) >= 11 is 1.61. The molecule has 1 heterocycles. The maximum absolute atomic E-state index is 10.7. The number of fused-ring (bicyclic) bond motifs is 1. The smallest absolute Gasteiger partial charge is 0.271 e. The van der Waals surface area contributed by atoms with Crippen LogP contribution in [0, 0.1) is 10.1 Å². The van der Waals surface area contributed by atoms with Gasteiger partial charge in [0.15, 0.2) is 5.58 Å². The summed E-state index contributed by atoms with van der Waals surface area (Å²) in [5, 5.41) is 10.7. The summed E-state index contributed by atoms with van der Waals surface area (Å²) in [6, 6.07) is 14.3. The lowest BCUT2D eigenvalue weighted by Crippen LogP contribution is -1.86. The van der Waals surface area contributed by atoms with Gasteiger partial charge in [0, 0.05) is 17.0 Å². The molecule has 1 aromatic heterocycles. The number of hydrogen-bond acceptors (Lipinski definition) is 5. The summed E-state index contributed by atoms with van der Waals surface area (Å²) < 4.78 is 5.57. The third-order valence-electron chi connectivity index (χ3n) is 2.73. The van der Waals surface area contributed by atoms with Gasteiger partial charge in [-0.05, 0) is 18.2 Å². The molecule has 3 aromatic rings. The molecule has 0 unspecified atom stereocenters. The standard InChI is InChI=1S/C14H10N2O3S/c17-16(18)10-6-7-13-12(8-10)15-14(19-13)9-20-11-4-2-1-3-5-11/h1-8H,9H2. The quantitative estimate of drug-likeness (QED) is 0.411. The molecule has 100 valence electrons. The maximum atomic E-state index is 10.7. The number of nitro benzene ring substituents is 1. The van der Waals surface area contributed by atoms with E-state index in [9.17, 15) is 10.1 Å². The zero-order valence-electron chi connectivity index (χ0n) is 10.4. The summed E-state index contributed by atoms with van der Waals surface area (Å²) in [5.41, 5.74) is 1.11. The van der Waals surface area contributed by atoms with Crippen LogP contribution in [0.2, 0.25) is 0 Å². The van der Waals surface area contributed by atoms with Gasteiger partial charge in [-0.1, -0.05) is 18.2 Å². The molecule has 0 amide bonds. The fourth-order valence-corrected chi connectivity index (χ4v) is 2.56. The topological polar surface area (TPSA) is 69.2 Å². The van der Waals surface area contributed by atoms with E-state index in [1.807, 2.05) is 30.3 Å². The van der Waals surface area contributed by atoms with E-state index in [0.29, 0.717) is 22.7 Å². The number of hydrogen-bond donors (Lipinski definition) is 0.